The van der Waals surface area contributed by atoms with Gasteiger partial charge in [0.15, 0.2) is 0 Å². The fourth-order valence-corrected chi connectivity index (χ4v) is 5.09. The average Bonchev–Trinajstić information content (AvgIpc) is 3.48. The quantitative estimate of drug-likeness (QED) is 0.235. The van der Waals surface area contributed by atoms with E-state index in [9.17, 15) is 18.0 Å². The number of nitrogens with zero attached hydrogens (tertiary/aromatic N) is 2. The van der Waals surface area contributed by atoms with Crippen LogP contribution in [0.3, 0.4) is 0 Å². The minimum atomic E-state index is -4.72. The number of likely N-dealkylation sites (tertiary alicyclic amines) is 1. The maximum Gasteiger partial charge on any atom is 0.430 e. The lowest BCUT2D eigenvalue weighted by Crippen LogP contribution is -2.30. The zero-order valence-electron chi connectivity index (χ0n) is 22.0. The van der Waals surface area contributed by atoms with E-state index in [2.05, 4.69) is 41.4 Å². The highest BCUT2D eigenvalue weighted by Crippen LogP contribution is 2.34. The van der Waals surface area contributed by atoms with Crippen LogP contribution < -0.4 is 5.73 Å². The number of carbonyl (C=O) groups is 1. The molecule has 2 N–H and O–H groups in total. The second kappa shape index (κ2) is 12.0. The van der Waals surface area contributed by atoms with E-state index in [-0.39, 0.29) is 22.7 Å². The van der Waals surface area contributed by atoms with Gasteiger partial charge in [0.05, 0.1) is 22.5 Å². The van der Waals surface area contributed by atoms with Crippen molar-refractivity contribution in [1.82, 2.24) is 4.90 Å². The molecule has 1 aliphatic heterocycles. The van der Waals surface area contributed by atoms with Crippen LogP contribution in [0.25, 0.3) is 11.1 Å². The van der Waals surface area contributed by atoms with E-state index in [0.717, 1.165) is 35.6 Å². The second-order valence-corrected chi connectivity index (χ2v) is 10.2. The standard InChI is InChI=1S/C33H27ClF3N3O/c34-27-9-4-5-10-28(27)39-29(21-31(38)33(35,36)37)24-14-18-26(19-15-24)32(41)40-20-6-11-30(40)25-16-12-23(13-17-25)22-7-2-1-3-8-22/h1-5,7-10,12-19,21,30H,6,11,20,38H2. The van der Waals surface area contributed by atoms with Crippen molar-refractivity contribution in [1.29, 1.82) is 0 Å². The van der Waals surface area contributed by atoms with Gasteiger partial charge in [0.2, 0.25) is 0 Å². The van der Waals surface area contributed by atoms with Gasteiger partial charge in [0.25, 0.3) is 5.91 Å². The van der Waals surface area contributed by atoms with E-state index in [1.807, 2.05) is 23.1 Å². The molecule has 1 fully saturated rings. The molecule has 8 heteroatoms. The van der Waals surface area contributed by atoms with E-state index in [1.165, 1.54) is 0 Å². The number of hydrogen-bond donors (Lipinski definition) is 1. The molecule has 0 aliphatic carbocycles. The molecule has 1 saturated heterocycles. The van der Waals surface area contributed by atoms with Gasteiger partial charge >= 0.3 is 6.18 Å². The van der Waals surface area contributed by atoms with Crippen molar-refractivity contribution in [2.45, 2.75) is 25.1 Å². The fraction of sp³-hybridized carbons (Fsp3) is 0.152. The Bertz CT molecular complexity index is 1580. The Morgan fingerprint density at radius 2 is 1.46 bits per heavy atom. The van der Waals surface area contributed by atoms with Gasteiger partial charge in [-0.2, -0.15) is 13.2 Å². The first-order valence-corrected chi connectivity index (χ1v) is 13.5. The maximum absolute atomic E-state index is 13.5. The number of nitrogens with two attached hydrogens (primary N) is 1. The lowest BCUT2D eigenvalue weighted by Gasteiger charge is -2.25. The number of carbonyl (C=O) groups excluding carboxylic acids is 1. The highest BCUT2D eigenvalue weighted by Gasteiger charge is 2.32. The fourth-order valence-electron chi connectivity index (χ4n) is 4.92. The van der Waals surface area contributed by atoms with Gasteiger partial charge < -0.3 is 10.6 Å². The van der Waals surface area contributed by atoms with Crippen LogP contribution in [0, 0.1) is 0 Å². The molecule has 1 amide bonds. The summed E-state index contributed by atoms with van der Waals surface area (Å²) in [6.45, 7) is 0.621. The van der Waals surface area contributed by atoms with Gasteiger partial charge in [-0.05, 0) is 59.9 Å². The molecule has 1 heterocycles. The van der Waals surface area contributed by atoms with E-state index in [1.54, 1.807) is 48.5 Å². The van der Waals surface area contributed by atoms with Crippen LogP contribution in [0.5, 0.6) is 0 Å². The van der Waals surface area contributed by atoms with E-state index in [4.69, 9.17) is 17.3 Å². The monoisotopic (exact) mass is 573 g/mol. The Balaban J connectivity index is 1.39. The normalized spacial score (nSPS) is 16.2. The maximum atomic E-state index is 13.5. The molecule has 41 heavy (non-hydrogen) atoms. The number of alkyl halides is 3. The van der Waals surface area contributed by atoms with Gasteiger partial charge in [0, 0.05) is 17.7 Å². The highest BCUT2D eigenvalue weighted by molar-refractivity contribution is 6.33. The molecular formula is C33H27ClF3N3O. The summed E-state index contributed by atoms with van der Waals surface area (Å²) in [5.74, 6) is -0.138. The van der Waals surface area contributed by atoms with Crippen molar-refractivity contribution in [3.05, 3.63) is 137 Å². The molecule has 4 aromatic rings. The van der Waals surface area contributed by atoms with Gasteiger partial charge in [0.1, 0.15) is 5.70 Å². The summed E-state index contributed by atoms with van der Waals surface area (Å²) < 4.78 is 39.7. The predicted octanol–water partition coefficient (Wildman–Crippen LogP) is 8.51. The topological polar surface area (TPSA) is 58.7 Å². The molecule has 5 rings (SSSR count). The van der Waals surface area contributed by atoms with Gasteiger partial charge in [-0.25, -0.2) is 4.99 Å². The van der Waals surface area contributed by atoms with Crippen molar-refractivity contribution < 1.29 is 18.0 Å². The van der Waals surface area contributed by atoms with Crippen LogP contribution in [-0.4, -0.2) is 29.2 Å². The molecule has 0 bridgehead atoms. The SMILES string of the molecule is NC(=CC(=Nc1ccccc1Cl)c1ccc(C(=O)N2CCCC2c2ccc(-c3ccccc3)cc2)cc1)C(F)(F)F. The van der Waals surface area contributed by atoms with E-state index >= 15 is 0 Å². The Morgan fingerprint density at radius 3 is 2.12 bits per heavy atom. The number of rotatable bonds is 6. The van der Waals surface area contributed by atoms with Crippen molar-refractivity contribution in [3.63, 3.8) is 0 Å². The van der Waals surface area contributed by atoms with Crippen molar-refractivity contribution in [2.75, 3.05) is 6.54 Å². The zero-order valence-corrected chi connectivity index (χ0v) is 22.7. The Kier molecular flexibility index (Phi) is 8.26. The lowest BCUT2D eigenvalue weighted by molar-refractivity contribution is -0.0925. The summed E-state index contributed by atoms with van der Waals surface area (Å²) in [6.07, 6.45) is -2.22. The molecule has 4 nitrogen and oxygen atoms in total. The summed E-state index contributed by atoms with van der Waals surface area (Å²) in [7, 11) is 0. The number of benzene rings is 4. The molecule has 1 atom stereocenters. The van der Waals surface area contributed by atoms with Gasteiger partial charge in [-0.3, -0.25) is 4.79 Å². The number of allylic oxidation sites excluding steroid dienone is 2. The molecule has 1 aliphatic rings. The third kappa shape index (κ3) is 6.52. The van der Waals surface area contributed by atoms with Crippen molar-refractivity contribution >= 4 is 28.9 Å². The molecule has 1 unspecified atom stereocenters. The number of amides is 1. The van der Waals surface area contributed by atoms with E-state index in [0.29, 0.717) is 23.4 Å². The number of hydrogen-bond acceptors (Lipinski definition) is 3. The molecule has 4 aromatic carbocycles. The van der Waals surface area contributed by atoms with Crippen LogP contribution >= 0.6 is 11.6 Å². The number of aliphatic imine (C=N–C) groups is 1. The molecule has 0 spiro atoms. The first kappa shape index (κ1) is 28.2. The van der Waals surface area contributed by atoms with Gasteiger partial charge in [-0.15, -0.1) is 0 Å². The average molecular weight is 574 g/mol. The van der Waals surface area contributed by atoms with Crippen LogP contribution in [0.2, 0.25) is 5.02 Å². The second-order valence-electron chi connectivity index (χ2n) is 9.77. The highest BCUT2D eigenvalue weighted by atomic mass is 35.5. The summed E-state index contributed by atoms with van der Waals surface area (Å²) >= 11 is 6.19. The van der Waals surface area contributed by atoms with Crippen molar-refractivity contribution in [2.24, 2.45) is 10.7 Å². The summed E-state index contributed by atoms with van der Waals surface area (Å²) in [4.78, 5) is 19.7. The first-order chi connectivity index (χ1) is 19.7. The summed E-state index contributed by atoms with van der Waals surface area (Å²) in [5, 5.41) is 0.285. The van der Waals surface area contributed by atoms with Crippen LogP contribution in [0.15, 0.2) is 120 Å². The predicted molar refractivity (Wildman–Crippen MR) is 157 cm³/mol. The van der Waals surface area contributed by atoms with Crippen LogP contribution in [0.4, 0.5) is 18.9 Å². The van der Waals surface area contributed by atoms with E-state index < -0.39 is 11.9 Å². The minimum absolute atomic E-state index is 0.0236. The summed E-state index contributed by atoms with van der Waals surface area (Å²) in [6, 6.07) is 31.2. The van der Waals surface area contributed by atoms with Gasteiger partial charge in [-0.1, -0.05) is 90.5 Å². The first-order valence-electron chi connectivity index (χ1n) is 13.1. The number of halogens is 4. The van der Waals surface area contributed by atoms with Crippen LogP contribution in [0.1, 0.15) is 40.4 Å². The lowest BCUT2D eigenvalue weighted by atomic mass is 9.99. The zero-order chi connectivity index (χ0) is 29.0. The third-order valence-corrected chi connectivity index (χ3v) is 7.38. The van der Waals surface area contributed by atoms with Crippen molar-refractivity contribution in [3.8, 4) is 11.1 Å². The Hall–Kier alpha value is -4.36. The Labute approximate surface area is 241 Å². The molecule has 208 valence electrons. The van der Waals surface area contributed by atoms with Crippen LogP contribution in [-0.2, 0) is 0 Å². The molecule has 0 aromatic heterocycles. The molecule has 0 radical (unpaired) electrons. The third-order valence-electron chi connectivity index (χ3n) is 7.06. The smallest absolute Gasteiger partial charge is 0.395 e. The largest absolute Gasteiger partial charge is 0.430 e. The summed E-state index contributed by atoms with van der Waals surface area (Å²) in [5.41, 5.74) is 8.40. The molecule has 0 saturated carbocycles. The minimum Gasteiger partial charge on any atom is -0.395 e. The Morgan fingerprint density at radius 1 is 0.854 bits per heavy atom. The number of para-hydroxylation sites is 1. The molecular weight excluding hydrogens is 547 g/mol.